The molecule has 6 amide bonds. The maximum Gasteiger partial charge on any atom is 0.524 e. The molecule has 0 aromatic heterocycles. The molecule has 23 heteroatoms. The SMILES string of the molecule is CN(CCC(=O)N(C)c1cc(/C=C/C(=O)N2C[C@@H](CCl)c3c2cc(OP(=O)(O)O)c2ccccc32)ccc1/C=C/C(=O)N1C[C@@H](CCl)c2c1cc(OP(=O)(O)O)c1ccccc21)C(=O)CCCCCN1C(=O)C=CC1=O. The zero-order valence-corrected chi connectivity index (χ0v) is 44.5. The first kappa shape index (κ1) is 55.6. The molecular weight excluding hydrogens is 1060 g/mol. The first-order valence-electron chi connectivity index (χ1n) is 24.1. The fourth-order valence-electron chi connectivity index (χ4n) is 9.76. The molecule has 5 aromatic carbocycles. The first-order chi connectivity index (χ1) is 36.2. The molecule has 4 N–H and O–H groups in total. The molecule has 0 radical (unpaired) electrons. The van der Waals surface area contributed by atoms with E-state index in [0.717, 1.165) is 4.90 Å². The molecule has 19 nitrogen and oxygen atoms in total. The largest absolute Gasteiger partial charge is 0.524 e. The highest BCUT2D eigenvalue weighted by atomic mass is 35.5. The number of rotatable bonds is 20. The van der Waals surface area contributed by atoms with Gasteiger partial charge in [-0.15, -0.1) is 23.2 Å². The Morgan fingerprint density at radius 1 is 0.658 bits per heavy atom. The molecule has 3 heterocycles. The molecular formula is C53H53Cl2N5O14P2. The molecule has 0 aliphatic carbocycles. The summed E-state index contributed by atoms with van der Waals surface area (Å²) in [5.41, 5.74) is 3.33. The van der Waals surface area contributed by atoms with Crippen LogP contribution in [0.2, 0.25) is 0 Å². The van der Waals surface area contributed by atoms with Crippen molar-refractivity contribution in [2.45, 2.75) is 43.9 Å². The number of carbonyl (C=O) groups is 6. The maximum absolute atomic E-state index is 14.2. The Balaban J connectivity index is 1.05. The summed E-state index contributed by atoms with van der Waals surface area (Å²) in [6, 6.07) is 21.5. The molecule has 5 aromatic rings. The first-order valence-corrected chi connectivity index (χ1v) is 28.2. The number of phosphoric ester groups is 2. The van der Waals surface area contributed by atoms with Crippen LogP contribution >= 0.6 is 38.8 Å². The van der Waals surface area contributed by atoms with E-state index in [1.54, 1.807) is 73.8 Å². The molecule has 0 saturated carbocycles. The summed E-state index contributed by atoms with van der Waals surface area (Å²) >= 11 is 12.9. The van der Waals surface area contributed by atoms with Crippen LogP contribution < -0.4 is 23.7 Å². The number of anilines is 3. The van der Waals surface area contributed by atoms with Crippen molar-refractivity contribution in [3.05, 3.63) is 125 Å². The van der Waals surface area contributed by atoms with Crippen molar-refractivity contribution in [3.8, 4) is 11.5 Å². The third-order valence-corrected chi connectivity index (χ3v) is 15.1. The monoisotopic (exact) mass is 1120 g/mol. The number of carbonyl (C=O) groups excluding carboxylic acids is 6. The zero-order valence-electron chi connectivity index (χ0n) is 41.2. The van der Waals surface area contributed by atoms with Gasteiger partial charge in [-0.3, -0.25) is 53.2 Å². The second kappa shape index (κ2) is 23.3. The summed E-state index contributed by atoms with van der Waals surface area (Å²) in [5.74, 6) is -2.97. The quantitative estimate of drug-likeness (QED) is 0.0190. The maximum atomic E-state index is 14.2. The van der Waals surface area contributed by atoms with Crippen molar-refractivity contribution < 1.29 is 66.5 Å². The van der Waals surface area contributed by atoms with E-state index in [0.29, 0.717) is 80.1 Å². The standard InChI is InChI=1S/C53H53Cl2N5O14P2/c1-56(46(61)14-4-3-9-24-58-48(63)21-22-49(58)64)25-23-47(62)57(2)41-26-33(16-19-50(65)59-31-35(29-54)52-39-12-7-5-10-37(39)44(27-42(52)59)73-75(67,68)69)15-17-34(41)18-20-51(66)60-32-36(30-55)53-40-13-8-6-11-38(40)45(28-43(53)60)74-76(70,71)72/h5-8,10-13,15-22,26-28,35-36H,3-4,9,14,23-25,29-32H2,1-2H3,(H2,67,68,69)(H2,70,71,72)/b19-16+,20-18+/t35-,36-/m1/s1. The molecule has 398 valence electrons. The van der Waals surface area contributed by atoms with Crippen LogP contribution in [0, 0.1) is 0 Å². The van der Waals surface area contributed by atoms with E-state index in [4.69, 9.17) is 32.2 Å². The second-order valence-corrected chi connectivity index (χ2v) is 21.4. The van der Waals surface area contributed by atoms with E-state index < -0.39 is 33.4 Å². The van der Waals surface area contributed by atoms with E-state index in [9.17, 15) is 57.5 Å². The number of unbranched alkanes of at least 4 members (excludes halogenated alkanes) is 2. The van der Waals surface area contributed by atoms with Gasteiger partial charge in [0.1, 0.15) is 11.5 Å². The van der Waals surface area contributed by atoms with Crippen molar-refractivity contribution >= 4 is 125 Å². The summed E-state index contributed by atoms with van der Waals surface area (Å²) < 4.78 is 34.2. The number of halogens is 2. The normalized spacial score (nSPS) is 16.4. The molecule has 3 aliphatic heterocycles. The summed E-state index contributed by atoms with van der Waals surface area (Å²) in [7, 11) is -6.90. The molecule has 3 aliphatic rings. The van der Waals surface area contributed by atoms with Gasteiger partial charge < -0.3 is 28.6 Å². The lowest BCUT2D eigenvalue weighted by Gasteiger charge is -2.23. The molecule has 76 heavy (non-hydrogen) atoms. The molecule has 2 atom stereocenters. The van der Waals surface area contributed by atoms with E-state index >= 15 is 0 Å². The van der Waals surface area contributed by atoms with E-state index in [1.165, 1.54) is 75.2 Å². The van der Waals surface area contributed by atoms with Crippen LogP contribution in [-0.2, 0) is 37.9 Å². The van der Waals surface area contributed by atoms with Gasteiger partial charge in [0.25, 0.3) is 23.6 Å². The Labute approximate surface area is 447 Å². The lowest BCUT2D eigenvalue weighted by atomic mass is 9.95. The van der Waals surface area contributed by atoms with E-state index in [1.807, 2.05) is 0 Å². The fraction of sp³-hybridized carbons (Fsp3) is 0.283. The average Bonchev–Trinajstić information content (AvgIpc) is 4.09. The number of hydrogen-bond acceptors (Lipinski definition) is 10. The molecule has 0 spiro atoms. The summed E-state index contributed by atoms with van der Waals surface area (Å²) in [4.78, 5) is 125. The van der Waals surface area contributed by atoms with Crippen LogP contribution in [-0.4, -0.2) is 117 Å². The van der Waals surface area contributed by atoms with Gasteiger partial charge in [0.15, 0.2) is 0 Å². The van der Waals surface area contributed by atoms with Crippen molar-refractivity contribution in [1.82, 2.24) is 9.80 Å². The van der Waals surface area contributed by atoms with Gasteiger partial charge in [-0.25, -0.2) is 9.13 Å². The van der Waals surface area contributed by atoms with Crippen molar-refractivity contribution in [2.75, 3.05) is 66.7 Å². The predicted octanol–water partition coefficient (Wildman–Crippen LogP) is 8.00. The fourth-order valence-corrected chi connectivity index (χ4v) is 11.1. The second-order valence-electron chi connectivity index (χ2n) is 18.4. The number of amides is 6. The van der Waals surface area contributed by atoms with Gasteiger partial charge in [-0.2, -0.15) is 0 Å². The summed E-state index contributed by atoms with van der Waals surface area (Å²) in [6.45, 7) is 0.618. The smallest absolute Gasteiger partial charge is 0.404 e. The molecule has 0 bridgehead atoms. The topological polar surface area (TPSA) is 252 Å². The highest BCUT2D eigenvalue weighted by Crippen LogP contribution is 2.51. The van der Waals surface area contributed by atoms with Crippen LogP contribution in [0.25, 0.3) is 33.7 Å². The predicted molar refractivity (Wildman–Crippen MR) is 289 cm³/mol. The third kappa shape index (κ3) is 12.4. The highest BCUT2D eigenvalue weighted by molar-refractivity contribution is 7.47. The Kier molecular flexibility index (Phi) is 17.0. The van der Waals surface area contributed by atoms with Crippen LogP contribution in [0.15, 0.2) is 103 Å². The lowest BCUT2D eigenvalue weighted by molar-refractivity contribution is -0.137. The Bertz CT molecular complexity index is 3340. The lowest BCUT2D eigenvalue weighted by Crippen LogP contribution is -2.33. The molecule has 0 saturated heterocycles. The Morgan fingerprint density at radius 3 is 1.66 bits per heavy atom. The number of nitrogens with zero attached hydrogens (tertiary/aromatic N) is 5. The summed E-state index contributed by atoms with van der Waals surface area (Å²) in [5, 5.41) is 2.08. The van der Waals surface area contributed by atoms with Crippen LogP contribution in [0.3, 0.4) is 0 Å². The minimum absolute atomic E-state index is 0.0670. The summed E-state index contributed by atoms with van der Waals surface area (Å²) in [6.07, 6.45) is 9.83. The average molecular weight is 1120 g/mol. The van der Waals surface area contributed by atoms with Gasteiger partial charge in [0.2, 0.25) is 11.8 Å². The van der Waals surface area contributed by atoms with Gasteiger partial charge in [0, 0.05) is 124 Å². The number of alkyl halides is 2. The molecule has 8 rings (SSSR count). The van der Waals surface area contributed by atoms with Crippen LogP contribution in [0.1, 0.15) is 66.2 Å². The van der Waals surface area contributed by atoms with E-state index in [2.05, 4.69) is 0 Å². The highest BCUT2D eigenvalue weighted by Gasteiger charge is 2.37. The van der Waals surface area contributed by atoms with Crippen LogP contribution in [0.5, 0.6) is 11.5 Å². The van der Waals surface area contributed by atoms with Crippen LogP contribution in [0.4, 0.5) is 17.1 Å². The number of imide groups is 1. The van der Waals surface area contributed by atoms with Gasteiger partial charge in [-0.1, -0.05) is 67.1 Å². The van der Waals surface area contributed by atoms with Crippen molar-refractivity contribution in [3.63, 3.8) is 0 Å². The number of hydrogen-bond donors (Lipinski definition) is 4. The molecule has 0 fully saturated rings. The third-order valence-electron chi connectivity index (χ3n) is 13.5. The van der Waals surface area contributed by atoms with Gasteiger partial charge in [0.05, 0.1) is 17.1 Å². The van der Waals surface area contributed by atoms with E-state index in [-0.39, 0.29) is 91.8 Å². The minimum Gasteiger partial charge on any atom is -0.404 e. The number of fused-ring (bicyclic) bond motifs is 6. The Hall–Kier alpha value is -6.66. The van der Waals surface area contributed by atoms with Crippen molar-refractivity contribution in [2.24, 2.45) is 0 Å². The number of benzene rings is 5. The number of phosphoric acid groups is 2. The van der Waals surface area contributed by atoms with Gasteiger partial charge in [-0.05, 0) is 64.1 Å². The Morgan fingerprint density at radius 2 is 1.16 bits per heavy atom. The zero-order chi connectivity index (χ0) is 54.6. The van der Waals surface area contributed by atoms with Crippen molar-refractivity contribution in [1.29, 1.82) is 0 Å². The molecule has 0 unspecified atom stereocenters. The minimum atomic E-state index is -5.02. The van der Waals surface area contributed by atoms with Gasteiger partial charge >= 0.3 is 15.6 Å².